The summed E-state index contributed by atoms with van der Waals surface area (Å²) in [5, 5.41) is 6.57. The van der Waals surface area contributed by atoms with Gasteiger partial charge in [0.05, 0.1) is 18.2 Å². The van der Waals surface area contributed by atoms with Crippen molar-refractivity contribution in [1.82, 2.24) is 10.3 Å². The molecule has 5 rings (SSSR count). The summed E-state index contributed by atoms with van der Waals surface area (Å²) in [5.41, 5.74) is 6.04. The van der Waals surface area contributed by atoms with Gasteiger partial charge in [0.1, 0.15) is 0 Å². The topological polar surface area (TPSA) is 61.5 Å². The molecule has 32 heavy (non-hydrogen) atoms. The molecule has 1 fully saturated rings. The summed E-state index contributed by atoms with van der Waals surface area (Å²) in [4.78, 5) is 16.3. The lowest BCUT2D eigenvalue weighted by molar-refractivity contribution is -0.674. The number of fused-ring (bicyclic) bond motifs is 1. The van der Waals surface area contributed by atoms with Crippen molar-refractivity contribution in [3.05, 3.63) is 96.1 Å². The van der Waals surface area contributed by atoms with Gasteiger partial charge in [-0.3, -0.25) is 4.79 Å². The molecule has 0 aliphatic heterocycles. The molecule has 1 aliphatic carbocycles. The molecule has 1 heterocycles. The highest BCUT2D eigenvalue weighted by molar-refractivity contribution is 5.92. The maximum atomic E-state index is 12.6. The summed E-state index contributed by atoms with van der Waals surface area (Å²) in [7, 11) is 0. The van der Waals surface area contributed by atoms with Gasteiger partial charge in [-0.05, 0) is 42.5 Å². The molecule has 0 saturated heterocycles. The molecule has 1 saturated carbocycles. The molecule has 4 aromatic rings. The van der Waals surface area contributed by atoms with Gasteiger partial charge in [0, 0.05) is 16.9 Å². The molecule has 4 nitrogen and oxygen atoms in total. The van der Waals surface area contributed by atoms with E-state index in [9.17, 15) is 4.79 Å². The monoisotopic (exact) mass is 424 g/mol. The molecule has 0 bridgehead atoms. The van der Waals surface area contributed by atoms with Gasteiger partial charge in [-0.25, -0.2) is 0 Å². The van der Waals surface area contributed by atoms with Crippen LogP contribution in [0, 0.1) is 0 Å². The number of hydrogen-bond acceptors (Lipinski definition) is 1. The van der Waals surface area contributed by atoms with Crippen molar-refractivity contribution in [2.45, 2.75) is 37.8 Å². The zero-order valence-electron chi connectivity index (χ0n) is 18.4. The first-order chi connectivity index (χ1) is 15.7. The van der Waals surface area contributed by atoms with Crippen molar-refractivity contribution in [2.75, 3.05) is 6.54 Å². The lowest BCUT2D eigenvalue weighted by Crippen LogP contribution is -2.92. The minimum atomic E-state index is -0.118. The van der Waals surface area contributed by atoms with Gasteiger partial charge in [-0.2, -0.15) is 0 Å². The Kier molecular flexibility index (Phi) is 5.78. The zero-order chi connectivity index (χ0) is 21.9. The van der Waals surface area contributed by atoms with Crippen LogP contribution >= 0.6 is 0 Å². The molecule has 1 aromatic heterocycles. The third kappa shape index (κ3) is 4.32. The highest BCUT2D eigenvalue weighted by atomic mass is 16.2. The first-order valence-corrected chi connectivity index (χ1v) is 11.6. The minimum absolute atomic E-state index is 0.118. The van der Waals surface area contributed by atoms with Crippen LogP contribution in [-0.4, -0.2) is 29.5 Å². The number of quaternary nitrogens is 1. The van der Waals surface area contributed by atoms with E-state index >= 15 is 0 Å². The van der Waals surface area contributed by atoms with Crippen LogP contribution in [0.5, 0.6) is 0 Å². The van der Waals surface area contributed by atoms with E-state index in [-0.39, 0.29) is 17.9 Å². The van der Waals surface area contributed by atoms with Crippen LogP contribution in [-0.2, 0) is 4.79 Å². The van der Waals surface area contributed by atoms with E-state index in [0.717, 1.165) is 30.6 Å². The van der Waals surface area contributed by atoms with Gasteiger partial charge in [0.15, 0.2) is 6.04 Å². The van der Waals surface area contributed by atoms with Crippen molar-refractivity contribution in [1.29, 1.82) is 0 Å². The second kappa shape index (κ2) is 9.01. The smallest absolute Gasteiger partial charge is 0.278 e. The maximum absolute atomic E-state index is 12.6. The normalized spacial score (nSPS) is 15.4. The van der Waals surface area contributed by atoms with Crippen LogP contribution < -0.4 is 10.6 Å². The number of aromatic amines is 1. The van der Waals surface area contributed by atoms with E-state index in [1.165, 1.54) is 22.1 Å². The van der Waals surface area contributed by atoms with Crippen LogP contribution in [0.25, 0.3) is 22.2 Å². The molecular formula is C28H30N3O+. The number of carbonyl (C=O) groups excluding carboxylic acids is 1. The second-order valence-corrected chi connectivity index (χ2v) is 8.83. The lowest BCUT2D eigenvalue weighted by Gasteiger charge is -2.20. The molecule has 4 N–H and O–H groups in total. The third-order valence-corrected chi connectivity index (χ3v) is 6.42. The highest BCUT2D eigenvalue weighted by Gasteiger charge is 2.29. The Morgan fingerprint density at radius 3 is 2.34 bits per heavy atom. The second-order valence-electron chi connectivity index (χ2n) is 8.83. The van der Waals surface area contributed by atoms with E-state index in [4.69, 9.17) is 0 Å². The van der Waals surface area contributed by atoms with Gasteiger partial charge >= 0.3 is 0 Å². The Balaban J connectivity index is 1.55. The van der Waals surface area contributed by atoms with Crippen LogP contribution in [0.2, 0.25) is 0 Å². The fourth-order valence-electron chi connectivity index (χ4n) is 4.47. The minimum Gasteiger partial charge on any atom is -0.354 e. The van der Waals surface area contributed by atoms with Crippen LogP contribution in [0.3, 0.4) is 0 Å². The molecule has 4 heteroatoms. The Morgan fingerprint density at radius 1 is 0.969 bits per heavy atom. The van der Waals surface area contributed by atoms with Crippen molar-refractivity contribution in [3.8, 4) is 11.3 Å². The number of amides is 1. The predicted octanol–water partition coefficient (Wildman–Crippen LogP) is 4.20. The van der Waals surface area contributed by atoms with Crippen molar-refractivity contribution < 1.29 is 10.1 Å². The molecule has 0 unspecified atom stereocenters. The number of nitrogens with two attached hydrogens (primary N) is 1. The van der Waals surface area contributed by atoms with Crippen LogP contribution in [0.1, 0.15) is 36.8 Å². The molecule has 0 spiro atoms. The number of aromatic nitrogens is 1. The lowest BCUT2D eigenvalue weighted by atomic mass is 9.87. The molecule has 0 radical (unpaired) electrons. The van der Waals surface area contributed by atoms with E-state index < -0.39 is 0 Å². The summed E-state index contributed by atoms with van der Waals surface area (Å²) < 4.78 is 0. The van der Waals surface area contributed by atoms with Gasteiger partial charge in [-0.1, -0.05) is 78.9 Å². The summed E-state index contributed by atoms with van der Waals surface area (Å²) in [6, 6.07) is 30.0. The summed E-state index contributed by atoms with van der Waals surface area (Å²) in [6.07, 6.45) is 2.22. The maximum Gasteiger partial charge on any atom is 0.278 e. The highest BCUT2D eigenvalue weighted by Crippen LogP contribution is 2.38. The molecule has 2 atom stereocenters. The largest absolute Gasteiger partial charge is 0.354 e. The first-order valence-electron chi connectivity index (χ1n) is 11.6. The number of carbonyl (C=O) groups is 1. The van der Waals surface area contributed by atoms with Gasteiger partial charge in [0.2, 0.25) is 0 Å². The average molecular weight is 425 g/mol. The number of para-hydroxylation sites is 1. The van der Waals surface area contributed by atoms with E-state index in [2.05, 4.69) is 101 Å². The molecule has 3 aromatic carbocycles. The van der Waals surface area contributed by atoms with Gasteiger partial charge in [0.25, 0.3) is 5.91 Å². The summed E-state index contributed by atoms with van der Waals surface area (Å²) >= 11 is 0. The van der Waals surface area contributed by atoms with Crippen molar-refractivity contribution in [3.63, 3.8) is 0 Å². The molecular weight excluding hydrogens is 394 g/mol. The standard InChI is InChI=1S/C28H29N3O/c1-19(28(32)30-22-16-17-22)29-18-24(20-10-4-2-5-11-20)26-23-14-8-9-15-25(23)31-27(26)21-12-6-3-7-13-21/h2-15,19,22,24,29,31H,16-18H2,1H3,(H,30,32)/p+1/t19-,24-/m0/s1. The summed E-state index contributed by atoms with van der Waals surface area (Å²) in [5.74, 6) is 0.292. The van der Waals surface area contributed by atoms with Crippen LogP contribution in [0.15, 0.2) is 84.9 Å². The van der Waals surface area contributed by atoms with E-state index in [1.807, 2.05) is 6.92 Å². The Hall–Kier alpha value is -3.37. The molecule has 1 amide bonds. The average Bonchev–Trinajstić information content (AvgIpc) is 3.58. The number of rotatable bonds is 8. The summed E-state index contributed by atoms with van der Waals surface area (Å²) in [6.45, 7) is 2.80. The van der Waals surface area contributed by atoms with Gasteiger partial charge < -0.3 is 15.6 Å². The first kappa shape index (κ1) is 20.5. The SMILES string of the molecule is C[C@H]([NH2+]C[C@@H](c1ccccc1)c1c(-c2ccccc2)[nH]c2ccccc12)C(=O)NC1CC1. The quantitative estimate of drug-likeness (QED) is 0.390. The van der Waals surface area contributed by atoms with Gasteiger partial charge in [-0.15, -0.1) is 0 Å². The Bertz CT molecular complexity index is 1200. The van der Waals surface area contributed by atoms with Crippen molar-refractivity contribution in [2.24, 2.45) is 0 Å². The Labute approximate surface area is 189 Å². The molecule has 162 valence electrons. The zero-order valence-corrected chi connectivity index (χ0v) is 18.4. The number of nitrogens with one attached hydrogen (secondary N) is 2. The fraction of sp³-hybridized carbons (Fsp3) is 0.250. The number of benzene rings is 3. The third-order valence-electron chi connectivity index (χ3n) is 6.42. The molecule has 1 aliphatic rings. The fourth-order valence-corrected chi connectivity index (χ4v) is 4.47. The van der Waals surface area contributed by atoms with E-state index in [0.29, 0.717) is 6.04 Å². The van der Waals surface area contributed by atoms with E-state index in [1.54, 1.807) is 0 Å². The number of hydrogen-bond donors (Lipinski definition) is 3. The number of H-pyrrole nitrogens is 1. The predicted molar refractivity (Wildman–Crippen MR) is 129 cm³/mol. The van der Waals surface area contributed by atoms with Crippen LogP contribution in [0.4, 0.5) is 0 Å². The van der Waals surface area contributed by atoms with Crippen molar-refractivity contribution >= 4 is 16.8 Å². The Morgan fingerprint density at radius 2 is 1.62 bits per heavy atom.